The summed E-state index contributed by atoms with van der Waals surface area (Å²) >= 11 is 0. The molecule has 29 atom stereocenters. The maximum atomic E-state index is 11.2. The van der Waals surface area contributed by atoms with Crippen LogP contribution >= 0.6 is 0 Å². The van der Waals surface area contributed by atoms with Crippen molar-refractivity contribution in [1.82, 2.24) is 5.32 Å². The van der Waals surface area contributed by atoms with Crippen LogP contribution < -0.4 is 5.32 Å². The van der Waals surface area contributed by atoms with Gasteiger partial charge < -0.3 is 145 Å². The zero-order chi connectivity index (χ0) is 48.6. The molecule has 0 bridgehead atoms. The molecule has 66 heavy (non-hydrogen) atoms. The fourth-order valence-corrected chi connectivity index (χ4v) is 8.79. The van der Waals surface area contributed by atoms with Crippen molar-refractivity contribution in [1.29, 1.82) is 0 Å². The molecule has 20 N–H and O–H groups in total. The lowest BCUT2D eigenvalue weighted by atomic mass is 9.86. The fraction of sp³-hybridized carbons (Fsp3) is 0.946. The summed E-state index contributed by atoms with van der Waals surface area (Å²) in [5.74, 6) is 0. The lowest BCUT2D eigenvalue weighted by molar-refractivity contribution is -0.391. The van der Waals surface area contributed by atoms with Gasteiger partial charge in [0.1, 0.15) is 128 Å². The first-order chi connectivity index (χ1) is 31.2. The molecule has 5 heterocycles. The second kappa shape index (κ2) is 22.8. The molecule has 0 radical (unpaired) electrons. The zero-order valence-corrected chi connectivity index (χ0v) is 35.0. The average molecular weight is 970 g/mol. The van der Waals surface area contributed by atoms with Gasteiger partial charge in [0.05, 0.1) is 51.2 Å². The highest BCUT2D eigenvalue weighted by atomic mass is 16.8. The van der Waals surface area contributed by atoms with Crippen molar-refractivity contribution in [2.24, 2.45) is 0 Å². The summed E-state index contributed by atoms with van der Waals surface area (Å²) in [7, 11) is 0. The molecule has 0 saturated carbocycles. The molecule has 1 aliphatic carbocycles. The Morgan fingerprint density at radius 3 is 1.15 bits per heavy atom. The van der Waals surface area contributed by atoms with Gasteiger partial charge in [0.25, 0.3) is 0 Å². The first-order valence-corrected chi connectivity index (χ1v) is 21.2. The number of aliphatic hydroxyl groups excluding tert-OH is 19. The Kier molecular flexibility index (Phi) is 18.6. The van der Waals surface area contributed by atoms with E-state index >= 15 is 0 Å². The molecule has 384 valence electrons. The summed E-state index contributed by atoms with van der Waals surface area (Å²) in [4.78, 5) is 0. The maximum absolute atomic E-state index is 11.2. The van der Waals surface area contributed by atoms with Crippen molar-refractivity contribution < 1.29 is 140 Å². The van der Waals surface area contributed by atoms with E-state index in [-0.39, 0.29) is 5.57 Å². The third-order valence-electron chi connectivity index (χ3n) is 12.7. The summed E-state index contributed by atoms with van der Waals surface area (Å²) in [6.07, 6.45) is -47.5. The number of ether oxygens (including phenoxy) is 9. The summed E-state index contributed by atoms with van der Waals surface area (Å²) < 4.78 is 50.2. The van der Waals surface area contributed by atoms with Gasteiger partial charge in [0.2, 0.25) is 0 Å². The largest absolute Gasteiger partial charge is 0.394 e. The molecular weight excluding hydrogens is 906 g/mol. The van der Waals surface area contributed by atoms with Crippen LogP contribution in [-0.2, 0) is 42.6 Å². The molecule has 0 aromatic rings. The highest BCUT2D eigenvalue weighted by Crippen LogP contribution is 2.36. The summed E-state index contributed by atoms with van der Waals surface area (Å²) in [6, 6.07) is -2.31. The second-order valence-corrected chi connectivity index (χ2v) is 17.0. The second-order valence-electron chi connectivity index (χ2n) is 17.0. The minimum atomic E-state index is -2.14. The van der Waals surface area contributed by atoms with Gasteiger partial charge >= 0.3 is 0 Å². The van der Waals surface area contributed by atoms with Gasteiger partial charge in [0.15, 0.2) is 31.5 Å². The Morgan fingerprint density at radius 1 is 0.424 bits per heavy atom. The Hall–Kier alpha value is -1.42. The lowest BCUT2D eigenvalue weighted by Crippen LogP contribution is -2.69. The van der Waals surface area contributed by atoms with Crippen LogP contribution in [0.4, 0.5) is 0 Å². The van der Waals surface area contributed by atoms with Crippen LogP contribution in [0.25, 0.3) is 0 Å². The van der Waals surface area contributed by atoms with Crippen molar-refractivity contribution in [2.45, 2.75) is 185 Å². The third-order valence-corrected chi connectivity index (χ3v) is 12.7. The van der Waals surface area contributed by atoms with E-state index in [1.165, 1.54) is 13.0 Å². The molecule has 29 heteroatoms. The molecule has 5 fully saturated rings. The predicted octanol–water partition coefficient (Wildman–Crippen LogP) is -12.9. The fourth-order valence-electron chi connectivity index (χ4n) is 8.79. The van der Waals surface area contributed by atoms with Crippen LogP contribution in [0.2, 0.25) is 0 Å². The van der Waals surface area contributed by atoms with Crippen molar-refractivity contribution in [3.8, 4) is 0 Å². The van der Waals surface area contributed by atoms with Crippen LogP contribution in [0, 0.1) is 0 Å². The molecule has 6 aliphatic rings. The maximum Gasteiger partial charge on any atom is 0.187 e. The number of rotatable bonds is 15. The van der Waals surface area contributed by atoms with Crippen LogP contribution in [0.1, 0.15) is 6.92 Å². The van der Waals surface area contributed by atoms with Crippen molar-refractivity contribution in [2.75, 3.05) is 33.0 Å². The van der Waals surface area contributed by atoms with Crippen LogP contribution in [0.5, 0.6) is 0 Å². The molecule has 29 nitrogen and oxygen atoms in total. The summed E-state index contributed by atoms with van der Waals surface area (Å²) in [6.45, 7) is -2.98. The number of hydrogen-bond acceptors (Lipinski definition) is 29. The monoisotopic (exact) mass is 969 g/mol. The minimum Gasteiger partial charge on any atom is -0.394 e. The standard InChI is InChI=1S/C37H63NO28/c1-8-15(38-10-2-9(3-39)16(44)19(47)17(10)45)18(46)25(53)34(58-8)63-30-12(5-41)60-36(26(54)21(30)49)65-32-14(7-43)62-37(28(56)23(32)51)66-31-13(6-42)61-35(27(55)22(31)50)64-29-11(4-40)59-33(57)24(52)20(29)48/h2,8,10-57H,3-7H2,1H3/t8-,10+,11-,12-,13-,14-,15-,16-,17+,18+,19+,20-,21-,22-,23-,24-,25-,26-,27-,28-,29-,30-,31-,32-,33-,34-,35+,36-,37+/m1/s1. The Morgan fingerprint density at radius 2 is 0.773 bits per heavy atom. The van der Waals surface area contributed by atoms with Gasteiger partial charge in [0, 0.05) is 0 Å². The van der Waals surface area contributed by atoms with Gasteiger partial charge in [-0.05, 0) is 12.5 Å². The molecule has 0 aromatic heterocycles. The molecule has 0 aromatic carbocycles. The van der Waals surface area contributed by atoms with E-state index in [4.69, 9.17) is 42.6 Å². The first-order valence-electron chi connectivity index (χ1n) is 21.2. The molecule has 0 amide bonds. The van der Waals surface area contributed by atoms with Gasteiger partial charge in [-0.2, -0.15) is 0 Å². The molecule has 5 saturated heterocycles. The molecule has 0 spiro atoms. The quantitative estimate of drug-likeness (QED) is 0.0678. The lowest BCUT2D eigenvalue weighted by Gasteiger charge is -2.49. The van der Waals surface area contributed by atoms with Crippen LogP contribution in [0.15, 0.2) is 11.6 Å². The smallest absolute Gasteiger partial charge is 0.187 e. The molecule has 6 rings (SSSR count). The Balaban J connectivity index is 1.06. The van der Waals surface area contributed by atoms with E-state index < -0.39 is 211 Å². The average Bonchev–Trinajstić information content (AvgIpc) is 3.30. The van der Waals surface area contributed by atoms with Gasteiger partial charge in [-0.3, -0.25) is 0 Å². The normalized spacial score (nSPS) is 52.8. The topological polar surface area (TPSA) is 479 Å². The van der Waals surface area contributed by atoms with Gasteiger partial charge in [-0.15, -0.1) is 0 Å². The van der Waals surface area contributed by atoms with Gasteiger partial charge in [-0.1, -0.05) is 6.08 Å². The van der Waals surface area contributed by atoms with E-state index in [1.54, 1.807) is 0 Å². The first kappa shape index (κ1) is 53.9. The third kappa shape index (κ3) is 10.7. The van der Waals surface area contributed by atoms with Crippen molar-refractivity contribution in [3.63, 3.8) is 0 Å². The Bertz CT molecular complexity index is 1550. The molecule has 0 unspecified atom stereocenters. The van der Waals surface area contributed by atoms with E-state index in [1.807, 2.05) is 0 Å². The number of nitrogens with one attached hydrogen (secondary N) is 1. The van der Waals surface area contributed by atoms with E-state index in [9.17, 15) is 97.0 Å². The zero-order valence-electron chi connectivity index (χ0n) is 35.0. The van der Waals surface area contributed by atoms with Crippen LogP contribution in [0.3, 0.4) is 0 Å². The molecule has 5 aliphatic heterocycles. The predicted molar refractivity (Wildman–Crippen MR) is 203 cm³/mol. The SMILES string of the molecule is C[C@H]1O[C@H](O[C@H]2[C@H](O)[C@@H](O)[C@@H](O[C@H]3[C@H](O)[C@@H](O)[C@H](O[C@H]4[C@H](O)[C@@H](O)[C@H](O[C@H]5[C@H](O)[C@@H](O)[C@H](O)O[C@@H]5CO)O[C@@H]4CO)O[C@@H]3CO)O[C@@H]2CO)[C@H](O)[C@@H](O)[C@@H]1N[C@H]1C=C(CO)[C@@H](O)[C@H](O)[C@H]1O. The number of aliphatic hydroxyl groups is 19. The van der Waals surface area contributed by atoms with E-state index in [0.29, 0.717) is 0 Å². The van der Waals surface area contributed by atoms with Crippen molar-refractivity contribution >= 4 is 0 Å². The number of hydrogen-bond donors (Lipinski definition) is 20. The van der Waals surface area contributed by atoms with E-state index in [2.05, 4.69) is 5.32 Å². The minimum absolute atomic E-state index is 0.0209. The van der Waals surface area contributed by atoms with Crippen LogP contribution in [-0.4, -0.2) is 308 Å². The molecular formula is C37H63NO28. The van der Waals surface area contributed by atoms with E-state index in [0.717, 1.165) is 0 Å². The van der Waals surface area contributed by atoms with Gasteiger partial charge in [-0.25, -0.2) is 0 Å². The highest BCUT2D eigenvalue weighted by Gasteiger charge is 2.56. The highest BCUT2D eigenvalue weighted by molar-refractivity contribution is 5.22. The summed E-state index contributed by atoms with van der Waals surface area (Å²) in [5.41, 5.74) is -0.0209. The van der Waals surface area contributed by atoms with Crippen molar-refractivity contribution in [3.05, 3.63) is 11.6 Å². The summed E-state index contributed by atoms with van der Waals surface area (Å²) in [5, 5.41) is 202. The Labute approximate surface area is 374 Å².